The Bertz CT molecular complexity index is 1670. The summed E-state index contributed by atoms with van der Waals surface area (Å²) in [5, 5.41) is 10.3. The molecule has 0 radical (unpaired) electrons. The fourth-order valence-corrected chi connectivity index (χ4v) is 5.18. The fraction of sp³-hybridized carbons (Fsp3) is 0.276. The highest BCUT2D eigenvalue weighted by Crippen LogP contribution is 2.41. The maximum absolute atomic E-state index is 6.30. The first-order valence-corrected chi connectivity index (χ1v) is 12.8. The molecule has 2 aliphatic heterocycles. The Labute approximate surface area is 235 Å². The third kappa shape index (κ3) is 4.58. The second-order valence-electron chi connectivity index (χ2n) is 9.40. The van der Waals surface area contributed by atoms with Gasteiger partial charge in [0.05, 0.1) is 24.7 Å². The highest BCUT2D eigenvalue weighted by Gasteiger charge is 2.28. The van der Waals surface area contributed by atoms with Crippen molar-refractivity contribution in [3.8, 4) is 34.3 Å². The van der Waals surface area contributed by atoms with Crippen LogP contribution in [0.15, 0.2) is 60.8 Å². The average molecular weight is 591 g/mol. The Hall–Kier alpha value is -4.05. The summed E-state index contributed by atoms with van der Waals surface area (Å²) in [6.45, 7) is 2.22. The molecule has 5 aromatic rings. The van der Waals surface area contributed by atoms with E-state index < -0.39 is 0 Å². The van der Waals surface area contributed by atoms with Crippen LogP contribution in [0.2, 0.25) is 0 Å². The van der Waals surface area contributed by atoms with Gasteiger partial charge in [0.25, 0.3) is 0 Å². The van der Waals surface area contributed by atoms with Crippen LogP contribution in [0.1, 0.15) is 18.4 Å². The van der Waals surface area contributed by atoms with Crippen LogP contribution in [0.4, 0.5) is 0 Å². The van der Waals surface area contributed by atoms with Crippen molar-refractivity contribution in [2.24, 2.45) is 0 Å². The van der Waals surface area contributed by atoms with Crippen LogP contribution >= 0.6 is 0 Å². The van der Waals surface area contributed by atoms with Gasteiger partial charge in [-0.1, -0.05) is 17.0 Å². The van der Waals surface area contributed by atoms with Crippen molar-refractivity contribution < 1.29 is 45.3 Å². The normalized spacial score (nSPS) is 13.1. The molecule has 0 N–H and O–H groups in total. The summed E-state index contributed by atoms with van der Waals surface area (Å²) in [6.07, 6.45) is 4.74. The molecular formula is C29H27BrN4O5. The van der Waals surface area contributed by atoms with Crippen molar-refractivity contribution >= 4 is 21.8 Å². The van der Waals surface area contributed by atoms with Gasteiger partial charge in [-0.05, 0) is 65.4 Å². The van der Waals surface area contributed by atoms with Gasteiger partial charge in [0, 0.05) is 12.5 Å². The molecule has 10 heteroatoms. The van der Waals surface area contributed by atoms with E-state index in [4.69, 9.17) is 23.8 Å². The van der Waals surface area contributed by atoms with E-state index in [1.54, 1.807) is 7.11 Å². The molecular weight excluding hydrogens is 564 g/mol. The van der Waals surface area contributed by atoms with Gasteiger partial charge in [-0.3, -0.25) is 0 Å². The number of hydrogen-bond acceptors (Lipinski definition) is 7. The van der Waals surface area contributed by atoms with E-state index in [1.807, 2.05) is 30.3 Å². The van der Waals surface area contributed by atoms with Crippen molar-refractivity contribution in [2.45, 2.75) is 25.8 Å². The largest absolute Gasteiger partial charge is 1.00 e. The van der Waals surface area contributed by atoms with Gasteiger partial charge in [-0.25, -0.2) is 0 Å². The van der Waals surface area contributed by atoms with Crippen molar-refractivity contribution in [3.63, 3.8) is 0 Å². The Balaban J connectivity index is 0.00000277. The van der Waals surface area contributed by atoms with Crippen molar-refractivity contribution in [2.75, 3.05) is 27.1 Å². The number of halogens is 1. The lowest BCUT2D eigenvalue weighted by atomic mass is 9.95. The molecule has 0 amide bonds. The SMILES string of the molecule is COc1ccc2cc3[n+](cc2c1OCCCCOn1nnc2ccccc21)CCc1cc2c(cc1-3)OCO2.[Br-]. The third-order valence-electron chi connectivity index (χ3n) is 7.12. The summed E-state index contributed by atoms with van der Waals surface area (Å²) in [4.78, 5) is 7.27. The van der Waals surface area contributed by atoms with Crippen LogP contribution < -0.4 is 45.3 Å². The molecule has 0 spiro atoms. The Morgan fingerprint density at radius 3 is 2.74 bits per heavy atom. The molecule has 0 unspecified atom stereocenters. The molecule has 4 heterocycles. The molecule has 200 valence electrons. The van der Waals surface area contributed by atoms with Gasteiger partial charge in [0.15, 0.2) is 35.7 Å². The molecule has 2 aromatic heterocycles. The number of methoxy groups -OCH3 is 1. The number of fused-ring (bicyclic) bond motifs is 6. The van der Waals surface area contributed by atoms with Gasteiger partial charge >= 0.3 is 0 Å². The number of hydrogen-bond donors (Lipinski definition) is 0. The van der Waals surface area contributed by atoms with Crippen molar-refractivity contribution in [1.82, 2.24) is 15.2 Å². The summed E-state index contributed by atoms with van der Waals surface area (Å²) >= 11 is 0. The molecule has 0 bridgehead atoms. The predicted molar refractivity (Wildman–Crippen MR) is 140 cm³/mol. The van der Waals surface area contributed by atoms with E-state index in [0.29, 0.717) is 13.2 Å². The van der Waals surface area contributed by atoms with Crippen LogP contribution in [0, 0.1) is 0 Å². The second kappa shape index (κ2) is 10.6. The van der Waals surface area contributed by atoms with E-state index in [9.17, 15) is 0 Å². The van der Waals surface area contributed by atoms with Gasteiger partial charge < -0.3 is 40.8 Å². The van der Waals surface area contributed by atoms with Gasteiger partial charge in [0.1, 0.15) is 17.6 Å². The number of nitrogens with zero attached hydrogens (tertiary/aromatic N) is 4. The van der Waals surface area contributed by atoms with Crippen LogP contribution in [0.25, 0.3) is 33.1 Å². The zero-order chi connectivity index (χ0) is 25.5. The highest BCUT2D eigenvalue weighted by atomic mass is 79.9. The van der Waals surface area contributed by atoms with Crippen molar-refractivity contribution in [1.29, 1.82) is 0 Å². The Kier molecular flexibility index (Phi) is 6.86. The molecule has 0 aliphatic carbocycles. The summed E-state index contributed by atoms with van der Waals surface area (Å²) in [7, 11) is 1.68. The minimum Gasteiger partial charge on any atom is -1.00 e. The van der Waals surface area contributed by atoms with Crippen molar-refractivity contribution in [3.05, 3.63) is 66.4 Å². The lowest BCUT2D eigenvalue weighted by Crippen LogP contribution is -3.00. The minimum absolute atomic E-state index is 0. The van der Waals surface area contributed by atoms with Gasteiger partial charge in [-0.15, -0.1) is 5.10 Å². The second-order valence-corrected chi connectivity index (χ2v) is 9.40. The number of unbranched alkanes of at least 4 members (excludes halogenated alkanes) is 1. The minimum atomic E-state index is 0. The highest BCUT2D eigenvalue weighted by molar-refractivity contribution is 5.91. The van der Waals surface area contributed by atoms with E-state index in [-0.39, 0.29) is 23.8 Å². The lowest BCUT2D eigenvalue weighted by molar-refractivity contribution is -0.686. The lowest BCUT2D eigenvalue weighted by Gasteiger charge is -2.18. The molecule has 2 aliphatic rings. The third-order valence-corrected chi connectivity index (χ3v) is 7.12. The quantitative estimate of drug-likeness (QED) is 0.198. The summed E-state index contributed by atoms with van der Waals surface area (Å²) in [5.41, 5.74) is 5.29. The molecule has 0 saturated heterocycles. The molecule has 3 aromatic carbocycles. The smallest absolute Gasteiger partial charge is 0.231 e. The van der Waals surface area contributed by atoms with Crippen LogP contribution in [-0.2, 0) is 13.0 Å². The molecule has 0 saturated carbocycles. The van der Waals surface area contributed by atoms with Gasteiger partial charge in [0.2, 0.25) is 12.5 Å². The number of rotatable bonds is 8. The number of para-hydroxylation sites is 1. The first-order chi connectivity index (χ1) is 18.8. The predicted octanol–water partition coefficient (Wildman–Crippen LogP) is 1.12. The topological polar surface area (TPSA) is 80.7 Å². The monoisotopic (exact) mass is 590 g/mol. The average Bonchev–Trinajstić information content (AvgIpc) is 3.59. The fourth-order valence-electron chi connectivity index (χ4n) is 5.18. The zero-order valence-electron chi connectivity index (χ0n) is 21.4. The Morgan fingerprint density at radius 2 is 1.85 bits per heavy atom. The first-order valence-electron chi connectivity index (χ1n) is 12.8. The molecule has 0 atom stereocenters. The number of aromatic nitrogens is 4. The first kappa shape index (κ1) is 25.2. The molecule has 7 rings (SSSR count). The standard InChI is InChI=1S/C29H27N4O5.BrH/c1-34-26-9-8-19-14-25-21-16-28-27(36-18-37-28)15-20(21)10-11-32(25)17-22(19)29(26)35-12-4-5-13-38-33-24-7-3-2-6-23(24)30-31-33;/h2-3,6-9,14-17H,4-5,10-13,18H2,1H3;1H/q+1;/p-1. The number of benzene rings is 3. The van der Waals surface area contributed by atoms with Crippen LogP contribution in [-0.4, -0.2) is 42.3 Å². The van der Waals surface area contributed by atoms with E-state index in [0.717, 1.165) is 76.3 Å². The summed E-state index contributed by atoms with van der Waals surface area (Å²) < 4.78 is 25.5. The van der Waals surface area contributed by atoms with Gasteiger partial charge in [-0.2, -0.15) is 4.57 Å². The number of ether oxygens (including phenoxy) is 4. The molecule has 9 nitrogen and oxygen atoms in total. The van der Waals surface area contributed by atoms with Crippen LogP contribution in [0.5, 0.6) is 23.0 Å². The maximum atomic E-state index is 6.30. The zero-order valence-corrected chi connectivity index (χ0v) is 23.0. The molecule has 39 heavy (non-hydrogen) atoms. The summed E-state index contributed by atoms with van der Waals surface area (Å²) in [5.74, 6) is 3.12. The van der Waals surface area contributed by atoms with E-state index >= 15 is 0 Å². The van der Waals surface area contributed by atoms with E-state index in [2.05, 4.69) is 45.3 Å². The Morgan fingerprint density at radius 1 is 1.00 bits per heavy atom. The maximum Gasteiger partial charge on any atom is 0.231 e. The van der Waals surface area contributed by atoms with E-state index in [1.165, 1.54) is 16.0 Å². The molecule has 0 fully saturated rings. The number of aryl methyl sites for hydroxylation is 2. The summed E-state index contributed by atoms with van der Waals surface area (Å²) in [6, 6.07) is 18.2. The van der Waals surface area contributed by atoms with Crippen LogP contribution in [0.3, 0.4) is 0 Å². The number of pyridine rings is 1.